The molecule has 104 valence electrons. The topological polar surface area (TPSA) is 72.4 Å². The summed E-state index contributed by atoms with van der Waals surface area (Å²) < 4.78 is 0. The highest BCUT2D eigenvalue weighted by Crippen LogP contribution is 2.27. The van der Waals surface area contributed by atoms with Gasteiger partial charge in [-0.25, -0.2) is 0 Å². The number of benzene rings is 1. The minimum absolute atomic E-state index is 0.139. The lowest BCUT2D eigenvalue weighted by molar-refractivity contribution is -0.384. The van der Waals surface area contributed by atoms with E-state index in [1.807, 2.05) is 12.1 Å². The SMILES string of the molecule is CC1CC(N)CN(C(C)c2ccc([N+](=O)[O-])cc2)C1. The first-order valence-corrected chi connectivity index (χ1v) is 6.71. The Kier molecular flexibility index (Phi) is 4.17. The van der Waals surface area contributed by atoms with Crippen LogP contribution >= 0.6 is 0 Å². The molecule has 2 rings (SSSR count). The van der Waals surface area contributed by atoms with Crippen LogP contribution in [0.4, 0.5) is 5.69 Å². The molecule has 0 saturated carbocycles. The number of rotatable bonds is 3. The molecule has 1 aliphatic heterocycles. The van der Waals surface area contributed by atoms with E-state index in [0.717, 1.165) is 25.1 Å². The second-order valence-corrected chi connectivity index (χ2v) is 5.58. The summed E-state index contributed by atoms with van der Waals surface area (Å²) in [4.78, 5) is 12.6. The lowest BCUT2D eigenvalue weighted by Crippen LogP contribution is -2.47. The number of hydrogen-bond donors (Lipinski definition) is 1. The smallest absolute Gasteiger partial charge is 0.269 e. The number of nitro benzene ring substituents is 1. The van der Waals surface area contributed by atoms with E-state index in [1.165, 1.54) is 0 Å². The third kappa shape index (κ3) is 3.30. The first kappa shape index (κ1) is 14.0. The van der Waals surface area contributed by atoms with Crippen LogP contribution in [0.5, 0.6) is 0 Å². The molecule has 0 bridgehead atoms. The van der Waals surface area contributed by atoms with Gasteiger partial charge in [-0.1, -0.05) is 19.1 Å². The van der Waals surface area contributed by atoms with Gasteiger partial charge in [-0.15, -0.1) is 0 Å². The second-order valence-electron chi connectivity index (χ2n) is 5.58. The van der Waals surface area contributed by atoms with Gasteiger partial charge in [0, 0.05) is 37.3 Å². The predicted molar refractivity (Wildman–Crippen MR) is 74.8 cm³/mol. The third-order valence-electron chi connectivity index (χ3n) is 3.85. The molecule has 1 aliphatic rings. The first-order valence-electron chi connectivity index (χ1n) is 6.71. The van der Waals surface area contributed by atoms with Crippen LogP contribution in [0.15, 0.2) is 24.3 Å². The Hall–Kier alpha value is -1.46. The number of likely N-dealkylation sites (tertiary alicyclic amines) is 1. The standard InChI is InChI=1S/C14H21N3O2/c1-10-7-13(15)9-16(8-10)11(2)12-3-5-14(6-4-12)17(18)19/h3-6,10-11,13H,7-9,15H2,1-2H3. The lowest BCUT2D eigenvalue weighted by atomic mass is 9.94. The van der Waals surface area contributed by atoms with Crippen LogP contribution in [0.25, 0.3) is 0 Å². The van der Waals surface area contributed by atoms with E-state index >= 15 is 0 Å². The van der Waals surface area contributed by atoms with Gasteiger partial charge in [-0.3, -0.25) is 15.0 Å². The Morgan fingerprint density at radius 2 is 2.00 bits per heavy atom. The van der Waals surface area contributed by atoms with Gasteiger partial charge in [0.1, 0.15) is 0 Å². The Balaban J connectivity index is 2.10. The van der Waals surface area contributed by atoms with Crippen LogP contribution in [0, 0.1) is 16.0 Å². The normalized spacial score (nSPS) is 26.1. The van der Waals surface area contributed by atoms with Crippen LogP contribution < -0.4 is 5.73 Å². The molecule has 3 unspecified atom stereocenters. The number of non-ortho nitro benzene ring substituents is 1. The number of nitrogens with two attached hydrogens (primary N) is 1. The van der Waals surface area contributed by atoms with Gasteiger partial charge in [0.25, 0.3) is 5.69 Å². The number of piperidine rings is 1. The molecule has 2 N–H and O–H groups in total. The number of nitrogens with zero attached hydrogens (tertiary/aromatic N) is 2. The summed E-state index contributed by atoms with van der Waals surface area (Å²) in [5.74, 6) is 0.601. The van der Waals surface area contributed by atoms with Gasteiger partial charge in [0.05, 0.1) is 4.92 Å². The maximum Gasteiger partial charge on any atom is 0.269 e. The molecule has 1 aromatic carbocycles. The van der Waals surface area contributed by atoms with Crippen molar-refractivity contribution in [3.8, 4) is 0 Å². The molecule has 19 heavy (non-hydrogen) atoms. The molecule has 0 aromatic heterocycles. The van der Waals surface area contributed by atoms with Crippen molar-refractivity contribution >= 4 is 5.69 Å². The van der Waals surface area contributed by atoms with Crippen LogP contribution in [0.2, 0.25) is 0 Å². The minimum atomic E-state index is -0.368. The molecule has 0 aliphatic carbocycles. The number of nitro groups is 1. The van der Waals surface area contributed by atoms with E-state index < -0.39 is 0 Å². The van der Waals surface area contributed by atoms with Crippen molar-refractivity contribution in [3.63, 3.8) is 0 Å². The van der Waals surface area contributed by atoms with Crippen LogP contribution in [0.1, 0.15) is 31.9 Å². The van der Waals surface area contributed by atoms with Crippen molar-refractivity contribution < 1.29 is 4.92 Å². The average Bonchev–Trinajstić information content (AvgIpc) is 2.37. The molecule has 0 spiro atoms. The van der Waals surface area contributed by atoms with Gasteiger partial charge in [0.2, 0.25) is 0 Å². The van der Waals surface area contributed by atoms with Gasteiger partial charge in [0.15, 0.2) is 0 Å². The summed E-state index contributed by atoms with van der Waals surface area (Å²) in [6, 6.07) is 7.29. The summed E-state index contributed by atoms with van der Waals surface area (Å²) in [6.07, 6.45) is 1.07. The van der Waals surface area contributed by atoms with Crippen LogP contribution in [-0.4, -0.2) is 29.0 Å². The van der Waals surface area contributed by atoms with Crippen LogP contribution in [0.3, 0.4) is 0 Å². The maximum atomic E-state index is 10.6. The second kappa shape index (κ2) is 5.67. The molecule has 5 nitrogen and oxygen atoms in total. The fraction of sp³-hybridized carbons (Fsp3) is 0.571. The summed E-state index contributed by atoms with van der Waals surface area (Å²) in [5, 5.41) is 10.6. The van der Waals surface area contributed by atoms with E-state index in [2.05, 4.69) is 18.7 Å². The molecule has 1 aromatic rings. The maximum absolute atomic E-state index is 10.6. The van der Waals surface area contributed by atoms with Gasteiger partial charge < -0.3 is 5.73 Å². The summed E-state index contributed by atoms with van der Waals surface area (Å²) in [7, 11) is 0. The van der Waals surface area contributed by atoms with Crippen molar-refractivity contribution in [2.75, 3.05) is 13.1 Å². The van der Waals surface area contributed by atoms with E-state index in [4.69, 9.17) is 5.73 Å². The molecule has 5 heteroatoms. The molecular weight excluding hydrogens is 242 g/mol. The fourth-order valence-corrected chi connectivity index (χ4v) is 2.84. The monoisotopic (exact) mass is 263 g/mol. The average molecular weight is 263 g/mol. The van der Waals surface area contributed by atoms with E-state index in [0.29, 0.717) is 5.92 Å². The Bertz CT molecular complexity index is 437. The zero-order valence-corrected chi connectivity index (χ0v) is 11.5. The Morgan fingerprint density at radius 3 is 2.53 bits per heavy atom. The lowest BCUT2D eigenvalue weighted by Gasteiger charge is -2.38. The van der Waals surface area contributed by atoms with Gasteiger partial charge in [-0.2, -0.15) is 0 Å². The molecule has 0 amide bonds. The van der Waals surface area contributed by atoms with Crippen molar-refractivity contribution in [1.82, 2.24) is 4.90 Å². The van der Waals surface area contributed by atoms with Crippen molar-refractivity contribution in [2.24, 2.45) is 11.7 Å². The van der Waals surface area contributed by atoms with Crippen molar-refractivity contribution in [2.45, 2.75) is 32.4 Å². The summed E-state index contributed by atoms with van der Waals surface area (Å²) >= 11 is 0. The molecule has 3 atom stereocenters. The molecular formula is C14H21N3O2. The fourth-order valence-electron chi connectivity index (χ4n) is 2.84. The Labute approximate surface area is 113 Å². The van der Waals surface area contributed by atoms with Crippen molar-refractivity contribution in [1.29, 1.82) is 0 Å². The molecule has 1 saturated heterocycles. The van der Waals surface area contributed by atoms with Crippen LogP contribution in [-0.2, 0) is 0 Å². The quantitative estimate of drug-likeness (QED) is 0.671. The number of hydrogen-bond acceptors (Lipinski definition) is 4. The van der Waals surface area contributed by atoms with E-state index in [9.17, 15) is 10.1 Å². The minimum Gasteiger partial charge on any atom is -0.327 e. The van der Waals surface area contributed by atoms with Gasteiger partial charge >= 0.3 is 0 Å². The van der Waals surface area contributed by atoms with Gasteiger partial charge in [-0.05, 0) is 24.8 Å². The highest BCUT2D eigenvalue weighted by atomic mass is 16.6. The largest absolute Gasteiger partial charge is 0.327 e. The zero-order valence-electron chi connectivity index (χ0n) is 11.5. The highest BCUT2D eigenvalue weighted by molar-refractivity contribution is 5.34. The van der Waals surface area contributed by atoms with E-state index in [-0.39, 0.29) is 22.7 Å². The summed E-state index contributed by atoms with van der Waals surface area (Å²) in [6.45, 7) is 6.27. The third-order valence-corrected chi connectivity index (χ3v) is 3.85. The molecule has 1 heterocycles. The highest BCUT2D eigenvalue weighted by Gasteiger charge is 2.26. The summed E-state index contributed by atoms with van der Waals surface area (Å²) in [5.41, 5.74) is 7.31. The molecule has 1 fully saturated rings. The van der Waals surface area contributed by atoms with E-state index in [1.54, 1.807) is 12.1 Å². The molecule has 0 radical (unpaired) electrons. The first-order chi connectivity index (χ1) is 8.97. The predicted octanol–water partition coefficient (Wildman–Crippen LogP) is 2.32. The van der Waals surface area contributed by atoms with Crippen molar-refractivity contribution in [3.05, 3.63) is 39.9 Å². The zero-order chi connectivity index (χ0) is 14.0. The Morgan fingerprint density at radius 1 is 1.37 bits per heavy atom.